The van der Waals surface area contributed by atoms with Crippen LogP contribution in [0, 0.1) is 19.7 Å². The van der Waals surface area contributed by atoms with E-state index in [9.17, 15) is 9.18 Å². The van der Waals surface area contributed by atoms with Crippen molar-refractivity contribution in [1.82, 2.24) is 5.32 Å². The summed E-state index contributed by atoms with van der Waals surface area (Å²) < 4.78 is 12.8. The fraction of sp³-hybridized carbons (Fsp3) is 0.316. The van der Waals surface area contributed by atoms with Gasteiger partial charge in [-0.1, -0.05) is 29.8 Å². The van der Waals surface area contributed by atoms with E-state index in [0.717, 1.165) is 22.4 Å². The lowest BCUT2D eigenvalue weighted by atomic mass is 10.1. The zero-order valence-electron chi connectivity index (χ0n) is 14.0. The van der Waals surface area contributed by atoms with E-state index in [1.54, 1.807) is 12.1 Å². The van der Waals surface area contributed by atoms with Gasteiger partial charge in [-0.3, -0.25) is 4.79 Å². The van der Waals surface area contributed by atoms with Gasteiger partial charge in [0.05, 0.1) is 10.7 Å². The Morgan fingerprint density at radius 1 is 1.12 bits per heavy atom. The molecule has 0 bridgehead atoms. The van der Waals surface area contributed by atoms with Gasteiger partial charge in [0.2, 0.25) is 5.91 Å². The first-order chi connectivity index (χ1) is 11.5. The van der Waals surface area contributed by atoms with Gasteiger partial charge in [-0.15, -0.1) is 0 Å². The van der Waals surface area contributed by atoms with E-state index in [1.807, 2.05) is 19.9 Å². The van der Waals surface area contributed by atoms with Gasteiger partial charge in [-0.25, -0.2) is 4.39 Å². The summed E-state index contributed by atoms with van der Waals surface area (Å²) in [5.41, 5.74) is 4.05. The van der Waals surface area contributed by atoms with Crippen LogP contribution in [-0.2, 0) is 11.2 Å². The molecular formula is C19H22ClFN2O. The van der Waals surface area contributed by atoms with Gasteiger partial charge in [-0.2, -0.15) is 0 Å². The molecule has 0 spiro atoms. The van der Waals surface area contributed by atoms with E-state index in [2.05, 4.69) is 16.7 Å². The van der Waals surface area contributed by atoms with Crippen LogP contribution in [0.3, 0.4) is 0 Å². The van der Waals surface area contributed by atoms with Crippen LogP contribution in [0.15, 0.2) is 36.4 Å². The average Bonchev–Trinajstić information content (AvgIpc) is 2.52. The topological polar surface area (TPSA) is 41.1 Å². The second kappa shape index (κ2) is 8.69. The van der Waals surface area contributed by atoms with Crippen LogP contribution in [0.5, 0.6) is 0 Å². The maximum absolute atomic E-state index is 12.8. The maximum atomic E-state index is 12.8. The van der Waals surface area contributed by atoms with Crippen molar-refractivity contribution in [3.05, 3.63) is 63.9 Å². The zero-order chi connectivity index (χ0) is 17.5. The fourth-order valence-corrected chi connectivity index (χ4v) is 2.91. The predicted octanol–water partition coefficient (Wildman–Crippen LogP) is 4.26. The molecule has 0 fully saturated rings. The third-order valence-corrected chi connectivity index (χ3v) is 4.03. The number of nitrogens with one attached hydrogen (secondary N) is 2. The van der Waals surface area contributed by atoms with Gasteiger partial charge < -0.3 is 10.6 Å². The summed E-state index contributed by atoms with van der Waals surface area (Å²) in [6.45, 7) is 5.04. The van der Waals surface area contributed by atoms with E-state index in [1.165, 1.54) is 12.1 Å². The van der Waals surface area contributed by atoms with Gasteiger partial charge in [0.25, 0.3) is 0 Å². The first-order valence-corrected chi connectivity index (χ1v) is 8.35. The number of halogens is 2. The van der Waals surface area contributed by atoms with E-state index in [-0.39, 0.29) is 11.7 Å². The Balaban J connectivity index is 1.71. The molecule has 0 radical (unpaired) electrons. The first-order valence-electron chi connectivity index (χ1n) is 7.97. The molecule has 5 heteroatoms. The molecule has 0 atom stereocenters. The SMILES string of the molecule is Cc1cc(C)c(NCCC(=O)NCCc2ccc(F)cc2)c(Cl)c1. The molecule has 1 amide bonds. The van der Waals surface area contributed by atoms with Crippen molar-refractivity contribution >= 4 is 23.2 Å². The van der Waals surface area contributed by atoms with Crippen molar-refractivity contribution in [3.63, 3.8) is 0 Å². The van der Waals surface area contributed by atoms with Crippen LogP contribution in [0.1, 0.15) is 23.1 Å². The lowest BCUT2D eigenvalue weighted by Gasteiger charge is -2.12. The minimum atomic E-state index is -0.251. The highest BCUT2D eigenvalue weighted by Crippen LogP contribution is 2.27. The fourth-order valence-electron chi connectivity index (χ4n) is 2.53. The van der Waals surface area contributed by atoms with Gasteiger partial charge in [0, 0.05) is 19.5 Å². The van der Waals surface area contributed by atoms with Gasteiger partial charge >= 0.3 is 0 Å². The van der Waals surface area contributed by atoms with Crippen molar-refractivity contribution in [1.29, 1.82) is 0 Å². The highest BCUT2D eigenvalue weighted by atomic mass is 35.5. The van der Waals surface area contributed by atoms with E-state index in [4.69, 9.17) is 11.6 Å². The molecular weight excluding hydrogens is 327 g/mol. The summed E-state index contributed by atoms with van der Waals surface area (Å²) in [6, 6.07) is 10.3. The molecule has 0 saturated heterocycles. The Hall–Kier alpha value is -2.07. The summed E-state index contributed by atoms with van der Waals surface area (Å²) in [5.74, 6) is -0.274. The number of carbonyl (C=O) groups is 1. The van der Waals surface area contributed by atoms with Crippen LogP contribution in [0.25, 0.3) is 0 Å². The van der Waals surface area contributed by atoms with Crippen molar-refractivity contribution in [3.8, 4) is 0 Å². The highest BCUT2D eigenvalue weighted by molar-refractivity contribution is 6.33. The summed E-state index contributed by atoms with van der Waals surface area (Å²) in [7, 11) is 0. The molecule has 2 N–H and O–H groups in total. The first kappa shape index (κ1) is 18.3. The third-order valence-electron chi connectivity index (χ3n) is 3.73. The molecule has 0 saturated carbocycles. The third kappa shape index (κ3) is 5.53. The van der Waals surface area contributed by atoms with Gasteiger partial charge in [0.1, 0.15) is 5.82 Å². The number of hydrogen-bond acceptors (Lipinski definition) is 2. The summed E-state index contributed by atoms with van der Waals surface area (Å²) in [6.07, 6.45) is 1.05. The van der Waals surface area contributed by atoms with Crippen LogP contribution in [0.2, 0.25) is 5.02 Å². The molecule has 0 aromatic heterocycles. The minimum Gasteiger partial charge on any atom is -0.383 e. The van der Waals surface area contributed by atoms with Gasteiger partial charge in [0.15, 0.2) is 0 Å². The van der Waals surface area contributed by atoms with E-state index < -0.39 is 0 Å². The molecule has 0 aliphatic rings. The second-order valence-electron chi connectivity index (χ2n) is 5.84. The summed E-state index contributed by atoms with van der Waals surface area (Å²) >= 11 is 6.22. The molecule has 2 aromatic rings. The zero-order valence-corrected chi connectivity index (χ0v) is 14.7. The molecule has 0 unspecified atom stereocenters. The van der Waals surface area contributed by atoms with Gasteiger partial charge in [-0.05, 0) is 55.2 Å². The number of carbonyl (C=O) groups excluding carboxylic acids is 1. The standard InChI is InChI=1S/C19H22ClFN2O/c1-13-11-14(2)19(17(20)12-13)23-10-8-18(24)22-9-7-15-3-5-16(21)6-4-15/h3-6,11-12,23H,7-10H2,1-2H3,(H,22,24). The number of rotatable bonds is 7. The number of anilines is 1. The Labute approximate surface area is 147 Å². The molecule has 0 aliphatic heterocycles. The maximum Gasteiger partial charge on any atom is 0.221 e. The smallest absolute Gasteiger partial charge is 0.221 e. The molecule has 2 aromatic carbocycles. The number of amides is 1. The predicted molar refractivity (Wildman–Crippen MR) is 97.1 cm³/mol. The van der Waals surface area contributed by atoms with Crippen LogP contribution in [-0.4, -0.2) is 19.0 Å². The Kier molecular flexibility index (Phi) is 6.62. The number of hydrogen-bond donors (Lipinski definition) is 2. The second-order valence-corrected chi connectivity index (χ2v) is 6.25. The Bertz CT molecular complexity index is 678. The molecule has 2 rings (SSSR count). The lowest BCUT2D eigenvalue weighted by Crippen LogP contribution is -2.27. The van der Waals surface area contributed by atoms with Crippen molar-refractivity contribution in [2.45, 2.75) is 26.7 Å². The Morgan fingerprint density at radius 3 is 2.50 bits per heavy atom. The molecule has 128 valence electrons. The van der Waals surface area contributed by atoms with E-state index >= 15 is 0 Å². The molecule has 0 heterocycles. The van der Waals surface area contributed by atoms with Crippen LogP contribution < -0.4 is 10.6 Å². The normalized spacial score (nSPS) is 10.5. The molecule has 3 nitrogen and oxygen atoms in total. The largest absolute Gasteiger partial charge is 0.383 e. The van der Waals surface area contributed by atoms with Crippen molar-refractivity contribution in [2.24, 2.45) is 0 Å². The monoisotopic (exact) mass is 348 g/mol. The Morgan fingerprint density at radius 2 is 1.83 bits per heavy atom. The van der Waals surface area contributed by atoms with E-state index in [0.29, 0.717) is 31.0 Å². The van der Waals surface area contributed by atoms with Crippen molar-refractivity contribution < 1.29 is 9.18 Å². The highest BCUT2D eigenvalue weighted by Gasteiger charge is 2.06. The van der Waals surface area contributed by atoms with Crippen molar-refractivity contribution in [2.75, 3.05) is 18.4 Å². The lowest BCUT2D eigenvalue weighted by molar-refractivity contribution is -0.120. The number of benzene rings is 2. The quantitative estimate of drug-likeness (QED) is 0.785. The van der Waals surface area contributed by atoms with Crippen LogP contribution in [0.4, 0.5) is 10.1 Å². The van der Waals surface area contributed by atoms with Crippen LogP contribution >= 0.6 is 11.6 Å². The molecule has 24 heavy (non-hydrogen) atoms. The summed E-state index contributed by atoms with van der Waals surface area (Å²) in [5, 5.41) is 6.75. The average molecular weight is 349 g/mol. The summed E-state index contributed by atoms with van der Waals surface area (Å²) in [4.78, 5) is 11.9. The molecule has 0 aliphatic carbocycles. The minimum absolute atomic E-state index is 0.0227. The number of aryl methyl sites for hydroxylation is 2.